The number of rotatable bonds is 3. The van der Waals surface area contributed by atoms with Gasteiger partial charge < -0.3 is 9.47 Å². The van der Waals surface area contributed by atoms with Crippen LogP contribution in [0.4, 0.5) is 0 Å². The molecule has 2 rings (SSSR count). The maximum atomic E-state index is 13.1. The van der Waals surface area contributed by atoms with Crippen LogP contribution in [-0.2, 0) is 14.3 Å². The molecule has 0 spiro atoms. The van der Waals surface area contributed by atoms with Crippen molar-refractivity contribution in [1.82, 2.24) is 0 Å². The van der Waals surface area contributed by atoms with E-state index < -0.39 is 5.41 Å². The highest BCUT2D eigenvalue weighted by Gasteiger charge is 2.36. The smallest absolute Gasteiger partial charge is 0.171 e. The molecule has 2 aliphatic carbocycles. The van der Waals surface area contributed by atoms with Crippen molar-refractivity contribution in [3.8, 4) is 0 Å². The highest BCUT2D eigenvalue weighted by atomic mass is 16.7. The van der Waals surface area contributed by atoms with E-state index in [0.29, 0.717) is 0 Å². The van der Waals surface area contributed by atoms with Gasteiger partial charge in [0.2, 0.25) is 0 Å². The summed E-state index contributed by atoms with van der Waals surface area (Å²) in [5.41, 5.74) is 2.88. The van der Waals surface area contributed by atoms with Crippen molar-refractivity contribution in [3.05, 3.63) is 47.1 Å². The summed E-state index contributed by atoms with van der Waals surface area (Å²) < 4.78 is 10.8. The largest absolute Gasteiger partial charge is 0.359 e. The summed E-state index contributed by atoms with van der Waals surface area (Å²) in [7, 11) is 1.60. The maximum absolute atomic E-state index is 13.1. The highest BCUT2D eigenvalue weighted by molar-refractivity contribution is 6.03. The fourth-order valence-electron chi connectivity index (χ4n) is 3.08. The van der Waals surface area contributed by atoms with E-state index in [-0.39, 0.29) is 18.7 Å². The van der Waals surface area contributed by atoms with E-state index in [1.165, 1.54) is 11.1 Å². The molecule has 0 unspecified atom stereocenters. The van der Waals surface area contributed by atoms with Crippen molar-refractivity contribution in [2.45, 2.75) is 52.6 Å². The van der Waals surface area contributed by atoms with Crippen LogP contribution in [0.2, 0.25) is 0 Å². The summed E-state index contributed by atoms with van der Waals surface area (Å²) in [6.07, 6.45) is 13.7. The van der Waals surface area contributed by atoms with Crippen molar-refractivity contribution < 1.29 is 14.3 Å². The monoisotopic (exact) mass is 316 g/mol. The zero-order valence-corrected chi connectivity index (χ0v) is 14.7. The van der Waals surface area contributed by atoms with Crippen LogP contribution in [0.5, 0.6) is 0 Å². The maximum Gasteiger partial charge on any atom is 0.171 e. The van der Waals surface area contributed by atoms with Gasteiger partial charge in [-0.1, -0.05) is 41.5 Å². The Morgan fingerprint density at radius 1 is 1.26 bits per heavy atom. The first-order valence-electron chi connectivity index (χ1n) is 8.34. The van der Waals surface area contributed by atoms with E-state index in [0.717, 1.165) is 31.3 Å². The van der Waals surface area contributed by atoms with E-state index in [1.54, 1.807) is 7.11 Å². The van der Waals surface area contributed by atoms with Crippen molar-refractivity contribution in [2.75, 3.05) is 13.9 Å². The van der Waals surface area contributed by atoms with Crippen LogP contribution in [-0.4, -0.2) is 25.8 Å². The molecule has 0 N–H and O–H groups in total. The Hall–Kier alpha value is -1.45. The molecule has 2 aliphatic rings. The molecule has 2 bridgehead atoms. The van der Waals surface area contributed by atoms with Crippen LogP contribution in [0.1, 0.15) is 46.5 Å². The number of hydrogen-bond acceptors (Lipinski definition) is 3. The molecule has 0 radical (unpaired) electrons. The summed E-state index contributed by atoms with van der Waals surface area (Å²) in [4.78, 5) is 13.1. The van der Waals surface area contributed by atoms with Crippen LogP contribution >= 0.6 is 0 Å². The number of fused-ring (bicyclic) bond motifs is 2. The van der Waals surface area contributed by atoms with Crippen LogP contribution < -0.4 is 0 Å². The molecule has 0 aliphatic heterocycles. The second kappa shape index (κ2) is 7.89. The van der Waals surface area contributed by atoms with Gasteiger partial charge >= 0.3 is 0 Å². The third kappa shape index (κ3) is 4.52. The van der Waals surface area contributed by atoms with E-state index in [4.69, 9.17) is 9.47 Å². The summed E-state index contributed by atoms with van der Waals surface area (Å²) in [6.45, 7) is 6.47. The summed E-state index contributed by atoms with van der Waals surface area (Å²) >= 11 is 0. The van der Waals surface area contributed by atoms with Gasteiger partial charge in [0.1, 0.15) is 12.9 Å². The zero-order valence-electron chi connectivity index (χ0n) is 14.7. The summed E-state index contributed by atoms with van der Waals surface area (Å²) in [5, 5.41) is 0. The van der Waals surface area contributed by atoms with E-state index in [2.05, 4.69) is 26.0 Å². The van der Waals surface area contributed by atoms with Crippen LogP contribution in [0.3, 0.4) is 0 Å². The average molecular weight is 316 g/mol. The van der Waals surface area contributed by atoms with Crippen LogP contribution in [0, 0.1) is 5.41 Å². The number of carbonyl (C=O) groups is 1. The summed E-state index contributed by atoms with van der Waals surface area (Å²) in [6, 6.07) is 0. The Morgan fingerprint density at radius 3 is 2.78 bits per heavy atom. The highest BCUT2D eigenvalue weighted by Crippen LogP contribution is 2.36. The quantitative estimate of drug-likeness (QED) is 0.567. The van der Waals surface area contributed by atoms with Gasteiger partial charge in [0.15, 0.2) is 5.78 Å². The Labute approximate surface area is 139 Å². The lowest BCUT2D eigenvalue weighted by Crippen LogP contribution is -2.34. The van der Waals surface area contributed by atoms with Crippen LogP contribution in [0.15, 0.2) is 47.1 Å². The first-order valence-corrected chi connectivity index (χ1v) is 8.34. The first-order chi connectivity index (χ1) is 11.0. The SMILES string of the molecule is COCO[C@H]1/C=C(\C)CC/C=C(\C)CC[C@@]2(C)C=CC=C1C2=O. The normalized spacial score (nSPS) is 33.7. The minimum Gasteiger partial charge on any atom is -0.359 e. The summed E-state index contributed by atoms with van der Waals surface area (Å²) in [5.74, 6) is 0.165. The second-order valence-corrected chi connectivity index (χ2v) is 6.82. The number of hydrogen-bond donors (Lipinski definition) is 0. The molecular formula is C20H28O3. The number of allylic oxidation sites excluding steroid dienone is 6. The average Bonchev–Trinajstić information content (AvgIpc) is 2.52. The number of ketones is 1. The lowest BCUT2D eigenvalue weighted by molar-refractivity contribution is -0.124. The Balaban J connectivity index is 2.38. The number of Topliss-reactive ketones (excluding diaryl/α,β-unsaturated/α-hetero) is 1. The molecule has 0 heterocycles. The van der Waals surface area contributed by atoms with Gasteiger partial charge in [-0.15, -0.1) is 0 Å². The second-order valence-electron chi connectivity index (χ2n) is 6.82. The van der Waals surface area contributed by atoms with E-state index in [1.807, 2.05) is 25.2 Å². The molecule has 0 saturated heterocycles. The fourth-order valence-corrected chi connectivity index (χ4v) is 3.08. The van der Waals surface area contributed by atoms with Crippen LogP contribution in [0.25, 0.3) is 0 Å². The minimum absolute atomic E-state index is 0.165. The van der Waals surface area contributed by atoms with Gasteiger partial charge in [0.05, 0.1) is 0 Å². The van der Waals surface area contributed by atoms with Gasteiger partial charge in [-0.3, -0.25) is 4.79 Å². The molecule has 2 atom stereocenters. The fraction of sp³-hybridized carbons (Fsp3) is 0.550. The molecular weight excluding hydrogens is 288 g/mol. The van der Waals surface area contributed by atoms with Gasteiger partial charge in [-0.05, 0) is 46.5 Å². The molecule has 3 heteroatoms. The molecule has 126 valence electrons. The topological polar surface area (TPSA) is 35.5 Å². The third-order valence-corrected chi connectivity index (χ3v) is 4.70. The number of methoxy groups -OCH3 is 1. The first kappa shape index (κ1) is 17.9. The van der Waals surface area contributed by atoms with Gasteiger partial charge in [-0.2, -0.15) is 0 Å². The lowest BCUT2D eigenvalue weighted by Gasteiger charge is -2.31. The predicted molar refractivity (Wildman–Crippen MR) is 93.1 cm³/mol. The standard InChI is InChI=1S/C20H28O3/c1-15-7-5-8-16(2)13-18(23-14-22-4)17-9-6-11-20(3,12-10-15)19(17)21/h6-7,9,11,13,18H,5,8,10,12,14H2,1-4H3/b15-7+,16-13+/t18-,20+/m0/s1. The molecule has 3 nitrogen and oxygen atoms in total. The molecule has 0 aromatic heterocycles. The molecule has 0 fully saturated rings. The third-order valence-electron chi connectivity index (χ3n) is 4.70. The van der Waals surface area contributed by atoms with Crippen molar-refractivity contribution in [1.29, 1.82) is 0 Å². The Bertz CT molecular complexity index is 565. The van der Waals surface area contributed by atoms with Crippen molar-refractivity contribution in [2.24, 2.45) is 5.41 Å². The van der Waals surface area contributed by atoms with E-state index >= 15 is 0 Å². The predicted octanol–water partition coefficient (Wildman–Crippen LogP) is 4.51. The van der Waals surface area contributed by atoms with Crippen molar-refractivity contribution in [3.63, 3.8) is 0 Å². The minimum atomic E-state index is -0.450. The molecule has 0 aromatic carbocycles. The molecule has 0 saturated carbocycles. The Morgan fingerprint density at radius 2 is 2.04 bits per heavy atom. The van der Waals surface area contributed by atoms with E-state index in [9.17, 15) is 4.79 Å². The van der Waals surface area contributed by atoms with Gasteiger partial charge in [0, 0.05) is 18.1 Å². The number of carbonyl (C=O) groups excluding carboxylic acids is 1. The van der Waals surface area contributed by atoms with Gasteiger partial charge in [-0.25, -0.2) is 0 Å². The lowest BCUT2D eigenvalue weighted by atomic mass is 9.73. The number of ether oxygens (including phenoxy) is 2. The zero-order chi connectivity index (χ0) is 16.9. The van der Waals surface area contributed by atoms with Crippen molar-refractivity contribution >= 4 is 5.78 Å². The van der Waals surface area contributed by atoms with Gasteiger partial charge in [0.25, 0.3) is 0 Å². The molecule has 0 aromatic rings. The Kier molecular flexibility index (Phi) is 6.14. The molecule has 23 heavy (non-hydrogen) atoms. The molecule has 0 amide bonds.